The third-order valence-electron chi connectivity index (χ3n) is 4.07. The normalized spacial score (nSPS) is 26.7. The Morgan fingerprint density at radius 3 is 3.26 bits per heavy atom. The molecule has 3 heterocycles. The van der Waals surface area contributed by atoms with Gasteiger partial charge in [-0.15, -0.1) is 0 Å². The average Bonchev–Trinajstić information content (AvgIpc) is 2.93. The van der Waals surface area contributed by atoms with Crippen LogP contribution in [-0.2, 0) is 22.5 Å². The largest absolute Gasteiger partial charge is 0.368 e. The van der Waals surface area contributed by atoms with Crippen molar-refractivity contribution < 1.29 is 9.53 Å². The van der Waals surface area contributed by atoms with Gasteiger partial charge in [0.1, 0.15) is 11.9 Å². The molecule has 0 aliphatic carbocycles. The van der Waals surface area contributed by atoms with Crippen molar-refractivity contribution in [1.82, 2.24) is 14.9 Å². The van der Waals surface area contributed by atoms with Gasteiger partial charge in [-0.1, -0.05) is 0 Å². The lowest BCUT2D eigenvalue weighted by atomic mass is 9.99. The number of ether oxygens (including phenoxy) is 1. The topological polar surface area (TPSA) is 56.2 Å². The van der Waals surface area contributed by atoms with Gasteiger partial charge < -0.3 is 14.6 Å². The van der Waals surface area contributed by atoms with E-state index in [9.17, 15) is 4.79 Å². The molecular formula is C14H21N3O2. The molecule has 0 spiro atoms. The Bertz CT molecular complexity index is 438. The summed E-state index contributed by atoms with van der Waals surface area (Å²) in [6.45, 7) is 2.43. The average molecular weight is 263 g/mol. The number of fused-ring (bicyclic) bond motifs is 1. The fourth-order valence-electron chi connectivity index (χ4n) is 2.91. The maximum absolute atomic E-state index is 12.0. The standard InChI is InChI=1S/C14H21N3O2/c18-14(12-3-1-2-8-19-12)16-9-11-4-5-13-15-6-7-17(13)10-11/h6-7,11-12H,1-5,8-10H2,(H,16,18). The summed E-state index contributed by atoms with van der Waals surface area (Å²) in [5, 5.41) is 3.05. The van der Waals surface area contributed by atoms with Gasteiger partial charge in [-0.2, -0.15) is 0 Å². The number of hydrogen-bond donors (Lipinski definition) is 1. The summed E-state index contributed by atoms with van der Waals surface area (Å²) in [5.41, 5.74) is 0. The van der Waals surface area contributed by atoms with Gasteiger partial charge in [-0.25, -0.2) is 4.98 Å². The van der Waals surface area contributed by atoms with E-state index in [1.165, 1.54) is 0 Å². The van der Waals surface area contributed by atoms with E-state index in [0.29, 0.717) is 5.92 Å². The second kappa shape index (κ2) is 5.74. The van der Waals surface area contributed by atoms with Gasteiger partial charge in [-0.05, 0) is 31.6 Å². The highest BCUT2D eigenvalue weighted by Crippen LogP contribution is 2.18. The number of aryl methyl sites for hydroxylation is 1. The first-order valence-corrected chi connectivity index (χ1v) is 7.22. The van der Waals surface area contributed by atoms with Crippen LogP contribution in [0, 0.1) is 5.92 Å². The maximum atomic E-state index is 12.0. The van der Waals surface area contributed by atoms with Crippen LogP contribution >= 0.6 is 0 Å². The Hall–Kier alpha value is -1.36. The molecule has 5 heteroatoms. The molecule has 1 aromatic rings. The molecule has 1 fully saturated rings. The van der Waals surface area contributed by atoms with Crippen molar-refractivity contribution in [2.24, 2.45) is 5.92 Å². The first-order valence-electron chi connectivity index (χ1n) is 7.22. The Balaban J connectivity index is 1.46. The van der Waals surface area contributed by atoms with Crippen LogP contribution < -0.4 is 5.32 Å². The molecule has 2 aliphatic rings. The summed E-state index contributed by atoms with van der Waals surface area (Å²) in [7, 11) is 0. The summed E-state index contributed by atoms with van der Waals surface area (Å²) < 4.78 is 7.69. The van der Waals surface area contributed by atoms with Crippen LogP contribution in [0.2, 0.25) is 0 Å². The number of aromatic nitrogens is 2. The van der Waals surface area contributed by atoms with E-state index in [0.717, 1.165) is 57.6 Å². The lowest BCUT2D eigenvalue weighted by molar-refractivity contribution is -0.135. The summed E-state index contributed by atoms with van der Waals surface area (Å²) in [6.07, 6.45) is 8.80. The fourth-order valence-corrected chi connectivity index (χ4v) is 2.91. The van der Waals surface area contributed by atoms with Crippen LogP contribution in [0.15, 0.2) is 12.4 Å². The number of rotatable bonds is 3. The van der Waals surface area contributed by atoms with E-state index in [1.807, 2.05) is 12.4 Å². The van der Waals surface area contributed by atoms with Gasteiger partial charge in [0.25, 0.3) is 0 Å². The van der Waals surface area contributed by atoms with Crippen molar-refractivity contribution in [3.8, 4) is 0 Å². The van der Waals surface area contributed by atoms with Gasteiger partial charge >= 0.3 is 0 Å². The van der Waals surface area contributed by atoms with Gasteiger partial charge in [0.05, 0.1) is 0 Å². The van der Waals surface area contributed by atoms with Crippen LogP contribution in [0.4, 0.5) is 0 Å². The summed E-state index contributed by atoms with van der Waals surface area (Å²) in [4.78, 5) is 16.3. The Labute approximate surface area is 113 Å². The predicted octanol–water partition coefficient (Wildman–Crippen LogP) is 1.13. The highest BCUT2D eigenvalue weighted by molar-refractivity contribution is 5.80. The van der Waals surface area contributed by atoms with Gasteiger partial charge in [0, 0.05) is 38.5 Å². The van der Waals surface area contributed by atoms with Crippen LogP contribution in [-0.4, -0.2) is 34.7 Å². The summed E-state index contributed by atoms with van der Waals surface area (Å²) in [6, 6.07) is 0. The number of hydrogen-bond acceptors (Lipinski definition) is 3. The first-order chi connectivity index (χ1) is 9.33. The van der Waals surface area contributed by atoms with E-state index < -0.39 is 0 Å². The molecule has 0 radical (unpaired) electrons. The van der Waals surface area contributed by atoms with Gasteiger partial charge in [0.15, 0.2) is 0 Å². The minimum atomic E-state index is -0.221. The number of amides is 1. The van der Waals surface area contributed by atoms with Gasteiger partial charge in [-0.3, -0.25) is 4.79 Å². The smallest absolute Gasteiger partial charge is 0.249 e. The molecule has 19 heavy (non-hydrogen) atoms. The van der Waals surface area contributed by atoms with E-state index in [-0.39, 0.29) is 12.0 Å². The Kier molecular flexibility index (Phi) is 3.82. The summed E-state index contributed by atoms with van der Waals surface area (Å²) in [5.74, 6) is 1.74. The zero-order chi connectivity index (χ0) is 13.1. The molecule has 1 saturated heterocycles. The van der Waals surface area contributed by atoms with E-state index in [4.69, 9.17) is 4.74 Å². The quantitative estimate of drug-likeness (QED) is 0.889. The predicted molar refractivity (Wildman–Crippen MR) is 70.6 cm³/mol. The number of nitrogens with zero attached hydrogens (tertiary/aromatic N) is 2. The summed E-state index contributed by atoms with van der Waals surface area (Å²) >= 11 is 0. The molecule has 2 atom stereocenters. The van der Waals surface area contributed by atoms with Crippen LogP contribution in [0.1, 0.15) is 31.5 Å². The third kappa shape index (κ3) is 2.97. The monoisotopic (exact) mass is 263 g/mol. The maximum Gasteiger partial charge on any atom is 0.249 e. The second-order valence-corrected chi connectivity index (χ2v) is 5.50. The molecule has 2 aliphatic heterocycles. The van der Waals surface area contributed by atoms with Crippen LogP contribution in [0.3, 0.4) is 0 Å². The molecule has 5 nitrogen and oxygen atoms in total. The SMILES string of the molecule is O=C(NCC1CCc2nccn2C1)C1CCCCO1. The minimum absolute atomic E-state index is 0.0659. The Morgan fingerprint density at radius 1 is 1.47 bits per heavy atom. The number of carbonyl (C=O) groups excluding carboxylic acids is 1. The molecule has 0 bridgehead atoms. The van der Waals surface area contributed by atoms with E-state index in [1.54, 1.807) is 0 Å². The number of imidazole rings is 1. The zero-order valence-electron chi connectivity index (χ0n) is 11.2. The second-order valence-electron chi connectivity index (χ2n) is 5.50. The molecule has 1 N–H and O–H groups in total. The fraction of sp³-hybridized carbons (Fsp3) is 0.714. The zero-order valence-corrected chi connectivity index (χ0v) is 11.2. The van der Waals surface area contributed by atoms with Crippen molar-refractivity contribution in [3.63, 3.8) is 0 Å². The van der Waals surface area contributed by atoms with Crippen molar-refractivity contribution >= 4 is 5.91 Å². The van der Waals surface area contributed by atoms with Crippen LogP contribution in [0.5, 0.6) is 0 Å². The highest BCUT2D eigenvalue weighted by atomic mass is 16.5. The molecule has 0 aromatic carbocycles. The van der Waals surface area contributed by atoms with Crippen molar-refractivity contribution in [1.29, 1.82) is 0 Å². The van der Waals surface area contributed by atoms with E-state index in [2.05, 4.69) is 14.9 Å². The Morgan fingerprint density at radius 2 is 2.42 bits per heavy atom. The lowest BCUT2D eigenvalue weighted by Crippen LogP contribution is -2.41. The molecule has 1 aromatic heterocycles. The first kappa shape index (κ1) is 12.7. The molecule has 0 saturated carbocycles. The lowest BCUT2D eigenvalue weighted by Gasteiger charge is -2.26. The molecule has 104 valence electrons. The van der Waals surface area contributed by atoms with Gasteiger partial charge in [0.2, 0.25) is 5.91 Å². The molecule has 2 unspecified atom stereocenters. The third-order valence-corrected chi connectivity index (χ3v) is 4.07. The van der Waals surface area contributed by atoms with E-state index >= 15 is 0 Å². The highest BCUT2D eigenvalue weighted by Gasteiger charge is 2.24. The van der Waals surface area contributed by atoms with Crippen molar-refractivity contribution in [2.45, 2.75) is 44.8 Å². The van der Waals surface area contributed by atoms with Crippen LogP contribution in [0.25, 0.3) is 0 Å². The minimum Gasteiger partial charge on any atom is -0.368 e. The van der Waals surface area contributed by atoms with Crippen molar-refractivity contribution in [2.75, 3.05) is 13.2 Å². The molecule has 1 amide bonds. The van der Waals surface area contributed by atoms with Crippen molar-refractivity contribution in [3.05, 3.63) is 18.2 Å². The molecule has 3 rings (SSSR count). The number of carbonyl (C=O) groups is 1. The molecular weight excluding hydrogens is 242 g/mol. The number of nitrogens with one attached hydrogen (secondary N) is 1.